The van der Waals surface area contributed by atoms with Crippen LogP contribution in [0.5, 0.6) is 0 Å². The van der Waals surface area contributed by atoms with Crippen molar-refractivity contribution in [3.05, 3.63) is 29.7 Å². The molecule has 2 aromatic heterocycles. The molecule has 0 amide bonds. The van der Waals surface area contributed by atoms with E-state index in [-0.39, 0.29) is 5.97 Å². The number of rotatable bonds is 4. The molecule has 0 radical (unpaired) electrons. The average molecular weight is 274 g/mol. The van der Waals surface area contributed by atoms with Gasteiger partial charge in [-0.3, -0.25) is 4.40 Å². The van der Waals surface area contributed by atoms with Crippen molar-refractivity contribution >= 4 is 11.6 Å². The molecule has 106 valence electrons. The minimum Gasteiger partial charge on any atom is -0.465 e. The fourth-order valence-corrected chi connectivity index (χ4v) is 2.67. The van der Waals surface area contributed by atoms with E-state index in [1.807, 2.05) is 16.7 Å². The van der Waals surface area contributed by atoms with Crippen LogP contribution in [-0.4, -0.2) is 52.2 Å². The second kappa shape index (κ2) is 5.58. The van der Waals surface area contributed by atoms with E-state index in [1.54, 1.807) is 6.07 Å². The number of carbonyl (C=O) groups is 1. The molecule has 0 bridgehead atoms. The van der Waals surface area contributed by atoms with Crippen molar-refractivity contribution in [2.24, 2.45) is 0 Å². The van der Waals surface area contributed by atoms with Gasteiger partial charge in [-0.15, -0.1) is 10.2 Å². The largest absolute Gasteiger partial charge is 0.465 e. The molecule has 1 fully saturated rings. The van der Waals surface area contributed by atoms with Gasteiger partial charge in [0.1, 0.15) is 11.4 Å². The first-order valence-corrected chi connectivity index (χ1v) is 6.93. The normalized spacial score (nSPS) is 15.8. The second-order valence-electron chi connectivity index (χ2n) is 5.02. The number of likely N-dealkylation sites (tertiary alicyclic amines) is 1. The molecular weight excluding hydrogens is 256 g/mol. The van der Waals surface area contributed by atoms with Crippen molar-refractivity contribution in [1.29, 1.82) is 0 Å². The summed E-state index contributed by atoms with van der Waals surface area (Å²) < 4.78 is 6.64. The van der Waals surface area contributed by atoms with Crippen molar-refractivity contribution in [2.75, 3.05) is 26.7 Å². The third-order valence-electron chi connectivity index (χ3n) is 3.76. The van der Waals surface area contributed by atoms with E-state index in [2.05, 4.69) is 15.1 Å². The van der Waals surface area contributed by atoms with Crippen molar-refractivity contribution in [3.63, 3.8) is 0 Å². The van der Waals surface area contributed by atoms with Gasteiger partial charge in [0.2, 0.25) is 0 Å². The minimum atomic E-state index is -0.380. The Morgan fingerprint density at radius 2 is 2.15 bits per heavy atom. The topological polar surface area (TPSA) is 59.7 Å². The molecule has 20 heavy (non-hydrogen) atoms. The molecule has 0 aliphatic carbocycles. The zero-order valence-corrected chi connectivity index (χ0v) is 11.6. The number of carbonyl (C=O) groups excluding carboxylic acids is 1. The van der Waals surface area contributed by atoms with Gasteiger partial charge in [0.25, 0.3) is 0 Å². The van der Waals surface area contributed by atoms with Gasteiger partial charge >= 0.3 is 5.97 Å². The molecule has 0 spiro atoms. The molecule has 0 N–H and O–H groups in total. The van der Waals surface area contributed by atoms with E-state index in [0.29, 0.717) is 11.2 Å². The minimum absolute atomic E-state index is 0.380. The highest BCUT2D eigenvalue weighted by Gasteiger charge is 2.16. The first kappa shape index (κ1) is 13.1. The Morgan fingerprint density at radius 1 is 1.35 bits per heavy atom. The second-order valence-corrected chi connectivity index (χ2v) is 5.02. The van der Waals surface area contributed by atoms with E-state index in [4.69, 9.17) is 4.74 Å². The molecule has 3 heterocycles. The number of hydrogen-bond donors (Lipinski definition) is 0. The van der Waals surface area contributed by atoms with Gasteiger partial charge in [-0.25, -0.2) is 4.79 Å². The number of ether oxygens (including phenoxy) is 1. The van der Waals surface area contributed by atoms with Gasteiger partial charge in [-0.1, -0.05) is 0 Å². The number of hydrogen-bond acceptors (Lipinski definition) is 5. The summed E-state index contributed by atoms with van der Waals surface area (Å²) in [5.41, 5.74) is 1.02. The van der Waals surface area contributed by atoms with Crippen molar-refractivity contribution in [1.82, 2.24) is 19.5 Å². The molecule has 1 aliphatic heterocycles. The van der Waals surface area contributed by atoms with Crippen LogP contribution in [0.4, 0.5) is 0 Å². The van der Waals surface area contributed by atoms with E-state index in [9.17, 15) is 4.79 Å². The summed E-state index contributed by atoms with van der Waals surface area (Å²) in [7, 11) is 1.37. The monoisotopic (exact) mass is 274 g/mol. The van der Waals surface area contributed by atoms with Crippen LogP contribution >= 0.6 is 0 Å². The van der Waals surface area contributed by atoms with Crippen LogP contribution in [0.25, 0.3) is 5.65 Å². The lowest BCUT2D eigenvalue weighted by Crippen LogP contribution is -2.22. The molecule has 2 aromatic rings. The average Bonchev–Trinajstić information content (AvgIpc) is 3.13. The van der Waals surface area contributed by atoms with E-state index < -0.39 is 0 Å². The van der Waals surface area contributed by atoms with Crippen LogP contribution in [0.2, 0.25) is 0 Å². The summed E-state index contributed by atoms with van der Waals surface area (Å²) in [6.45, 7) is 3.33. The molecule has 1 saturated heterocycles. The summed E-state index contributed by atoms with van der Waals surface area (Å²) in [5, 5.41) is 8.34. The maximum Gasteiger partial charge on any atom is 0.341 e. The van der Waals surface area contributed by atoms with Gasteiger partial charge in [0.05, 0.1) is 7.11 Å². The fraction of sp³-hybridized carbons (Fsp3) is 0.500. The zero-order valence-electron chi connectivity index (χ0n) is 11.6. The van der Waals surface area contributed by atoms with Gasteiger partial charge in [0, 0.05) is 19.2 Å². The number of nitrogens with zero attached hydrogens (tertiary/aromatic N) is 4. The van der Waals surface area contributed by atoms with E-state index in [1.165, 1.54) is 33.0 Å². The highest BCUT2D eigenvalue weighted by Crippen LogP contribution is 2.13. The quantitative estimate of drug-likeness (QED) is 0.783. The Labute approximate surface area is 117 Å². The lowest BCUT2D eigenvalue weighted by atomic mass is 10.2. The fourth-order valence-electron chi connectivity index (χ4n) is 2.67. The Hall–Kier alpha value is -1.95. The molecule has 0 saturated carbocycles. The first-order valence-electron chi connectivity index (χ1n) is 6.93. The molecule has 6 nitrogen and oxygen atoms in total. The highest BCUT2D eigenvalue weighted by atomic mass is 16.5. The molecule has 0 atom stereocenters. The van der Waals surface area contributed by atoms with Crippen molar-refractivity contribution < 1.29 is 9.53 Å². The molecule has 1 aliphatic rings. The van der Waals surface area contributed by atoms with Crippen LogP contribution in [0, 0.1) is 0 Å². The van der Waals surface area contributed by atoms with Gasteiger partial charge in [-0.05, 0) is 38.1 Å². The van der Waals surface area contributed by atoms with Crippen LogP contribution in [0.1, 0.15) is 29.0 Å². The molecule has 3 rings (SSSR count). The standard InChI is InChI=1S/C14H18N4O2/c1-20-14(19)11-5-4-9-18-12(15-16-13(11)18)6-10-17-7-2-3-8-17/h4-5,9H,2-3,6-8,10H2,1H3. The van der Waals surface area contributed by atoms with Crippen LogP contribution in [0.3, 0.4) is 0 Å². The Kier molecular flexibility index (Phi) is 3.64. The Balaban J connectivity index is 1.83. The third-order valence-corrected chi connectivity index (χ3v) is 3.76. The molecular formula is C14H18N4O2. The van der Waals surface area contributed by atoms with Gasteiger partial charge < -0.3 is 9.64 Å². The Morgan fingerprint density at radius 3 is 2.90 bits per heavy atom. The summed E-state index contributed by atoms with van der Waals surface area (Å²) in [6, 6.07) is 3.53. The SMILES string of the molecule is COC(=O)c1cccn2c(CCN3CCCC3)nnc12. The van der Waals surface area contributed by atoms with E-state index in [0.717, 1.165) is 18.8 Å². The summed E-state index contributed by atoms with van der Waals surface area (Å²) >= 11 is 0. The number of esters is 1. The summed E-state index contributed by atoms with van der Waals surface area (Å²) in [4.78, 5) is 14.1. The highest BCUT2D eigenvalue weighted by molar-refractivity contribution is 5.95. The van der Waals surface area contributed by atoms with Crippen LogP contribution in [-0.2, 0) is 11.2 Å². The third kappa shape index (κ3) is 2.38. The lowest BCUT2D eigenvalue weighted by molar-refractivity contribution is 0.0602. The molecule has 0 aromatic carbocycles. The molecule has 0 unspecified atom stereocenters. The number of pyridine rings is 1. The number of methoxy groups -OCH3 is 1. The zero-order chi connectivity index (χ0) is 13.9. The predicted octanol–water partition coefficient (Wildman–Crippen LogP) is 1.15. The maximum atomic E-state index is 11.7. The lowest BCUT2D eigenvalue weighted by Gasteiger charge is -2.13. The summed E-state index contributed by atoms with van der Waals surface area (Å²) in [6.07, 6.45) is 5.30. The first-order chi connectivity index (χ1) is 9.79. The van der Waals surface area contributed by atoms with E-state index >= 15 is 0 Å². The predicted molar refractivity (Wildman–Crippen MR) is 73.7 cm³/mol. The summed E-state index contributed by atoms with van der Waals surface area (Å²) in [5.74, 6) is 0.506. The van der Waals surface area contributed by atoms with Crippen LogP contribution in [0.15, 0.2) is 18.3 Å². The van der Waals surface area contributed by atoms with Gasteiger partial charge in [0.15, 0.2) is 5.65 Å². The van der Waals surface area contributed by atoms with Crippen molar-refractivity contribution in [3.8, 4) is 0 Å². The van der Waals surface area contributed by atoms with Crippen LogP contribution < -0.4 is 0 Å². The maximum absolute atomic E-state index is 11.7. The smallest absolute Gasteiger partial charge is 0.341 e. The van der Waals surface area contributed by atoms with Crippen molar-refractivity contribution in [2.45, 2.75) is 19.3 Å². The molecule has 6 heteroatoms. The Bertz CT molecular complexity index is 617. The number of aromatic nitrogens is 3. The van der Waals surface area contributed by atoms with Gasteiger partial charge in [-0.2, -0.15) is 0 Å². The number of fused-ring (bicyclic) bond motifs is 1.